The number of nitrogens with one attached hydrogen (secondary N) is 1. The molecular weight excluding hydrogens is 160 g/mol. The molecule has 0 unspecified atom stereocenters. The third-order valence-electron chi connectivity index (χ3n) is 2.38. The summed E-state index contributed by atoms with van der Waals surface area (Å²) in [4.78, 5) is 0. The quantitative estimate of drug-likeness (QED) is 0.707. The zero-order valence-corrected chi connectivity index (χ0v) is 7.74. The Balaban J connectivity index is 1.90. The fourth-order valence-corrected chi connectivity index (χ4v) is 1.69. The van der Waals surface area contributed by atoms with Crippen LogP contribution in [0.3, 0.4) is 0 Å². The molecule has 1 aliphatic rings. The zero-order valence-electron chi connectivity index (χ0n) is 7.74. The standard InChI is InChI=1S/C11H15N2/c1-2-4-10(5-3-1)8-11-9-12-6-7-13-11/h1-5,11,13H,6-9H2/t11-/m1/s1. The van der Waals surface area contributed by atoms with Crippen molar-refractivity contribution in [1.82, 2.24) is 10.6 Å². The molecule has 2 rings (SSSR count). The highest BCUT2D eigenvalue weighted by atomic mass is 15.0. The first-order valence-corrected chi connectivity index (χ1v) is 4.86. The highest BCUT2D eigenvalue weighted by molar-refractivity contribution is 5.16. The summed E-state index contributed by atoms with van der Waals surface area (Å²) in [5.41, 5.74) is 1.40. The molecule has 0 aromatic heterocycles. The number of hydrogen-bond donors (Lipinski definition) is 1. The summed E-state index contributed by atoms with van der Waals surface area (Å²) in [5.74, 6) is 0. The van der Waals surface area contributed by atoms with Crippen LogP contribution >= 0.6 is 0 Å². The van der Waals surface area contributed by atoms with E-state index in [0.29, 0.717) is 6.04 Å². The topological polar surface area (TPSA) is 26.1 Å². The molecule has 1 aliphatic heterocycles. The van der Waals surface area contributed by atoms with Gasteiger partial charge in [-0.15, -0.1) is 0 Å². The zero-order chi connectivity index (χ0) is 8.93. The van der Waals surface area contributed by atoms with E-state index >= 15 is 0 Å². The molecule has 0 aliphatic carbocycles. The van der Waals surface area contributed by atoms with Crippen molar-refractivity contribution in [2.45, 2.75) is 12.5 Å². The van der Waals surface area contributed by atoms with Gasteiger partial charge in [0, 0.05) is 25.7 Å². The molecule has 1 heterocycles. The Bertz CT molecular complexity index is 240. The molecule has 1 fully saturated rings. The third kappa shape index (κ3) is 2.54. The van der Waals surface area contributed by atoms with Crippen molar-refractivity contribution in [3.63, 3.8) is 0 Å². The van der Waals surface area contributed by atoms with Gasteiger partial charge in [-0.3, -0.25) is 0 Å². The number of benzene rings is 1. The summed E-state index contributed by atoms with van der Waals surface area (Å²) in [7, 11) is 0. The monoisotopic (exact) mass is 175 g/mol. The van der Waals surface area contributed by atoms with Gasteiger partial charge in [0.2, 0.25) is 0 Å². The lowest BCUT2D eigenvalue weighted by atomic mass is 10.1. The van der Waals surface area contributed by atoms with Crippen LogP contribution in [0.4, 0.5) is 0 Å². The van der Waals surface area contributed by atoms with E-state index in [1.165, 1.54) is 5.56 Å². The van der Waals surface area contributed by atoms with E-state index in [2.05, 4.69) is 41.0 Å². The Morgan fingerprint density at radius 2 is 2.15 bits per heavy atom. The number of piperazine rings is 1. The van der Waals surface area contributed by atoms with Gasteiger partial charge < -0.3 is 5.32 Å². The van der Waals surface area contributed by atoms with Crippen LogP contribution in [-0.4, -0.2) is 25.7 Å². The maximum Gasteiger partial charge on any atom is 0.0291 e. The maximum absolute atomic E-state index is 4.39. The molecule has 1 aromatic carbocycles. The summed E-state index contributed by atoms with van der Waals surface area (Å²) in [6.07, 6.45) is 1.10. The first-order valence-electron chi connectivity index (χ1n) is 4.86. The molecule has 1 atom stereocenters. The SMILES string of the molecule is c1ccc(C[C@@H]2C[N]CCN2)cc1. The molecule has 69 valence electrons. The van der Waals surface area contributed by atoms with Crippen LogP contribution in [0.25, 0.3) is 0 Å². The molecule has 0 saturated carbocycles. The second kappa shape index (κ2) is 4.40. The van der Waals surface area contributed by atoms with Gasteiger partial charge in [0.1, 0.15) is 0 Å². The Hall–Kier alpha value is -0.860. The summed E-state index contributed by atoms with van der Waals surface area (Å²) in [5, 5.41) is 7.87. The van der Waals surface area contributed by atoms with E-state index in [0.717, 1.165) is 26.1 Å². The first-order chi connectivity index (χ1) is 6.45. The largest absolute Gasteiger partial charge is 0.311 e. The van der Waals surface area contributed by atoms with Crippen molar-refractivity contribution in [2.75, 3.05) is 19.6 Å². The highest BCUT2D eigenvalue weighted by Gasteiger charge is 2.12. The third-order valence-corrected chi connectivity index (χ3v) is 2.38. The smallest absolute Gasteiger partial charge is 0.0291 e. The van der Waals surface area contributed by atoms with Gasteiger partial charge in [0.05, 0.1) is 0 Å². The average molecular weight is 175 g/mol. The van der Waals surface area contributed by atoms with Gasteiger partial charge >= 0.3 is 0 Å². The summed E-state index contributed by atoms with van der Waals surface area (Å²) in [6.45, 7) is 2.98. The fraction of sp³-hybridized carbons (Fsp3) is 0.455. The van der Waals surface area contributed by atoms with Gasteiger partial charge in [0.15, 0.2) is 0 Å². The lowest BCUT2D eigenvalue weighted by Crippen LogP contribution is -2.46. The summed E-state index contributed by atoms with van der Waals surface area (Å²) in [6, 6.07) is 11.1. The van der Waals surface area contributed by atoms with Crippen molar-refractivity contribution in [3.8, 4) is 0 Å². The van der Waals surface area contributed by atoms with Crippen LogP contribution in [0.2, 0.25) is 0 Å². The van der Waals surface area contributed by atoms with E-state index in [1.54, 1.807) is 0 Å². The van der Waals surface area contributed by atoms with Gasteiger partial charge in [-0.05, 0) is 12.0 Å². The van der Waals surface area contributed by atoms with Crippen LogP contribution in [-0.2, 0) is 6.42 Å². The Morgan fingerprint density at radius 1 is 1.31 bits per heavy atom. The summed E-state index contributed by atoms with van der Waals surface area (Å²) >= 11 is 0. The van der Waals surface area contributed by atoms with Crippen molar-refractivity contribution < 1.29 is 0 Å². The first kappa shape index (κ1) is 8.73. The van der Waals surface area contributed by atoms with Crippen molar-refractivity contribution in [3.05, 3.63) is 35.9 Å². The molecule has 1 N–H and O–H groups in total. The van der Waals surface area contributed by atoms with E-state index in [1.807, 2.05) is 0 Å². The normalized spacial score (nSPS) is 22.9. The number of rotatable bonds is 2. The number of nitrogens with zero attached hydrogens (tertiary/aromatic N) is 1. The predicted octanol–water partition coefficient (Wildman–Crippen LogP) is 0.805. The predicted molar refractivity (Wildman–Crippen MR) is 53.8 cm³/mol. The lowest BCUT2D eigenvalue weighted by molar-refractivity contribution is 0.411. The molecule has 13 heavy (non-hydrogen) atoms. The Labute approximate surface area is 79.4 Å². The Morgan fingerprint density at radius 3 is 2.85 bits per heavy atom. The van der Waals surface area contributed by atoms with Crippen molar-refractivity contribution in [2.24, 2.45) is 0 Å². The van der Waals surface area contributed by atoms with E-state index in [4.69, 9.17) is 0 Å². The molecule has 0 bridgehead atoms. The second-order valence-corrected chi connectivity index (χ2v) is 3.47. The van der Waals surface area contributed by atoms with Gasteiger partial charge in [-0.25, -0.2) is 5.32 Å². The average Bonchev–Trinajstić information content (AvgIpc) is 2.21. The minimum absolute atomic E-state index is 0.552. The van der Waals surface area contributed by atoms with Gasteiger partial charge in [-0.2, -0.15) is 0 Å². The molecule has 2 heteroatoms. The maximum atomic E-state index is 4.39. The molecule has 1 aromatic rings. The number of hydrogen-bond acceptors (Lipinski definition) is 1. The molecule has 1 saturated heterocycles. The minimum Gasteiger partial charge on any atom is -0.311 e. The lowest BCUT2D eigenvalue weighted by Gasteiger charge is -2.23. The van der Waals surface area contributed by atoms with E-state index in [-0.39, 0.29) is 0 Å². The highest BCUT2D eigenvalue weighted by Crippen LogP contribution is 2.03. The van der Waals surface area contributed by atoms with Gasteiger partial charge in [0.25, 0.3) is 0 Å². The van der Waals surface area contributed by atoms with Gasteiger partial charge in [-0.1, -0.05) is 30.3 Å². The molecule has 1 radical (unpaired) electrons. The van der Waals surface area contributed by atoms with Crippen molar-refractivity contribution in [1.29, 1.82) is 0 Å². The van der Waals surface area contributed by atoms with E-state index < -0.39 is 0 Å². The Kier molecular flexibility index (Phi) is 2.95. The van der Waals surface area contributed by atoms with Crippen LogP contribution in [0.5, 0.6) is 0 Å². The molecule has 2 nitrogen and oxygen atoms in total. The molecule has 0 spiro atoms. The van der Waals surface area contributed by atoms with Crippen molar-refractivity contribution >= 4 is 0 Å². The fourth-order valence-electron chi connectivity index (χ4n) is 1.69. The van der Waals surface area contributed by atoms with Crippen LogP contribution in [0.1, 0.15) is 5.56 Å². The van der Waals surface area contributed by atoms with Crippen LogP contribution in [0.15, 0.2) is 30.3 Å². The summed E-state index contributed by atoms with van der Waals surface area (Å²) < 4.78 is 0. The van der Waals surface area contributed by atoms with Crippen LogP contribution in [0, 0.1) is 0 Å². The second-order valence-electron chi connectivity index (χ2n) is 3.47. The van der Waals surface area contributed by atoms with Crippen LogP contribution < -0.4 is 10.6 Å². The minimum atomic E-state index is 0.552. The molecule has 0 amide bonds. The molecular formula is C11H15N2. The van der Waals surface area contributed by atoms with E-state index in [9.17, 15) is 0 Å².